The van der Waals surface area contributed by atoms with Gasteiger partial charge in [0, 0.05) is 31.0 Å². The number of hydrogen-bond donors (Lipinski definition) is 1. The molecule has 2 aliphatic heterocycles. The van der Waals surface area contributed by atoms with E-state index in [4.69, 9.17) is 4.74 Å². The lowest BCUT2D eigenvalue weighted by Gasteiger charge is -2.30. The standard InChI is InChI=1S/C25H24F3N5O2/c1-24(14-29)5-3-8-33(24)23(34)19-10-16(13-25(26,27)28)21-17-12-18(22-30-6-7-31-22)20(35-2)11-15(17)4-9-32(19)21/h6-7,10-12H,3-5,8-9,13H2,1-2H3,(H,30,31)/t24-/m1/s1. The first-order chi connectivity index (χ1) is 16.6. The van der Waals surface area contributed by atoms with Crippen LogP contribution in [0.2, 0.25) is 0 Å². The zero-order valence-corrected chi connectivity index (χ0v) is 19.4. The molecule has 1 amide bonds. The molecule has 0 radical (unpaired) electrons. The summed E-state index contributed by atoms with van der Waals surface area (Å²) in [5, 5.41) is 9.67. The zero-order valence-electron chi connectivity index (χ0n) is 19.4. The molecule has 4 heterocycles. The van der Waals surface area contributed by atoms with Crippen molar-refractivity contribution in [2.45, 2.75) is 50.9 Å². The van der Waals surface area contributed by atoms with Crippen LogP contribution in [0, 0.1) is 11.3 Å². The van der Waals surface area contributed by atoms with Crippen LogP contribution < -0.4 is 4.74 Å². The van der Waals surface area contributed by atoms with E-state index >= 15 is 0 Å². The normalized spacial score (nSPS) is 19.3. The number of imidazole rings is 1. The van der Waals surface area contributed by atoms with Crippen molar-refractivity contribution in [2.75, 3.05) is 13.7 Å². The summed E-state index contributed by atoms with van der Waals surface area (Å²) in [6.45, 7) is 2.45. The molecule has 1 N–H and O–H groups in total. The molecule has 0 unspecified atom stereocenters. The van der Waals surface area contributed by atoms with E-state index in [0.717, 1.165) is 5.56 Å². The summed E-state index contributed by atoms with van der Waals surface area (Å²) >= 11 is 0. The molecule has 0 spiro atoms. The fourth-order valence-electron chi connectivity index (χ4n) is 5.27. The number of carbonyl (C=O) groups is 1. The Balaban J connectivity index is 1.69. The number of ether oxygens (including phenoxy) is 1. The van der Waals surface area contributed by atoms with Gasteiger partial charge < -0.3 is 19.2 Å². The molecule has 1 aromatic carbocycles. The van der Waals surface area contributed by atoms with E-state index in [2.05, 4.69) is 16.0 Å². The van der Waals surface area contributed by atoms with Gasteiger partial charge in [-0.25, -0.2) is 4.98 Å². The van der Waals surface area contributed by atoms with E-state index in [-0.39, 0.29) is 11.3 Å². The molecule has 1 fully saturated rings. The van der Waals surface area contributed by atoms with Crippen molar-refractivity contribution in [1.82, 2.24) is 19.4 Å². The number of halogens is 3. The molecule has 35 heavy (non-hydrogen) atoms. The fraction of sp³-hybridized carbons (Fsp3) is 0.400. The van der Waals surface area contributed by atoms with E-state index in [1.807, 2.05) is 6.07 Å². The number of benzene rings is 1. The Labute approximate surface area is 200 Å². The van der Waals surface area contributed by atoms with Crippen LogP contribution in [0.3, 0.4) is 0 Å². The second-order valence-corrected chi connectivity index (χ2v) is 9.19. The lowest BCUT2D eigenvalue weighted by Crippen LogP contribution is -2.44. The Morgan fingerprint density at radius 1 is 1.29 bits per heavy atom. The third-order valence-corrected chi connectivity index (χ3v) is 6.95. The largest absolute Gasteiger partial charge is 0.496 e. The average molecular weight is 483 g/mol. The van der Waals surface area contributed by atoms with Crippen LogP contribution in [0.15, 0.2) is 30.6 Å². The molecule has 182 valence electrons. The van der Waals surface area contributed by atoms with Crippen molar-refractivity contribution in [2.24, 2.45) is 0 Å². The van der Waals surface area contributed by atoms with E-state index in [0.29, 0.717) is 60.7 Å². The first kappa shape index (κ1) is 23.0. The molecule has 10 heteroatoms. The number of likely N-dealkylation sites (tertiary alicyclic amines) is 1. The SMILES string of the molecule is COc1cc2c(cc1-c1ncc[nH]1)-c1c(CC(F)(F)F)cc(C(=O)N3CCC[C@]3(C)C#N)n1CC2. The molecule has 1 saturated heterocycles. The predicted octanol–water partition coefficient (Wildman–Crippen LogP) is 4.73. The predicted molar refractivity (Wildman–Crippen MR) is 122 cm³/mol. The van der Waals surface area contributed by atoms with Gasteiger partial charge in [-0.2, -0.15) is 18.4 Å². The number of rotatable bonds is 4. The highest BCUT2D eigenvalue weighted by Gasteiger charge is 2.42. The number of fused-ring (bicyclic) bond motifs is 3. The minimum Gasteiger partial charge on any atom is -0.496 e. The topological polar surface area (TPSA) is 86.9 Å². The van der Waals surface area contributed by atoms with Crippen molar-refractivity contribution in [1.29, 1.82) is 5.26 Å². The molecule has 2 aromatic heterocycles. The number of aromatic nitrogens is 3. The highest BCUT2D eigenvalue weighted by atomic mass is 19.4. The van der Waals surface area contributed by atoms with Gasteiger partial charge in [0.2, 0.25) is 0 Å². The number of aryl methyl sites for hydroxylation is 1. The van der Waals surface area contributed by atoms with Crippen LogP contribution in [0.4, 0.5) is 13.2 Å². The smallest absolute Gasteiger partial charge is 0.393 e. The molecule has 0 saturated carbocycles. The molecule has 3 aromatic rings. The molecule has 0 bridgehead atoms. The number of amides is 1. The van der Waals surface area contributed by atoms with Crippen LogP contribution in [-0.2, 0) is 19.4 Å². The van der Waals surface area contributed by atoms with E-state index in [1.54, 1.807) is 30.0 Å². The van der Waals surface area contributed by atoms with E-state index in [9.17, 15) is 23.2 Å². The van der Waals surface area contributed by atoms with Crippen LogP contribution in [0.5, 0.6) is 5.75 Å². The average Bonchev–Trinajstić information content (AvgIpc) is 3.56. The summed E-state index contributed by atoms with van der Waals surface area (Å²) in [5.74, 6) is 0.683. The highest BCUT2D eigenvalue weighted by molar-refractivity contribution is 5.96. The van der Waals surface area contributed by atoms with E-state index < -0.39 is 24.0 Å². The molecular weight excluding hydrogens is 459 g/mol. The molecular formula is C25H24F3N5O2. The lowest BCUT2D eigenvalue weighted by molar-refractivity contribution is -0.127. The van der Waals surface area contributed by atoms with Gasteiger partial charge in [-0.05, 0) is 55.5 Å². The van der Waals surface area contributed by atoms with Crippen LogP contribution in [0.1, 0.15) is 41.4 Å². The lowest BCUT2D eigenvalue weighted by atomic mass is 9.92. The van der Waals surface area contributed by atoms with Crippen molar-refractivity contribution in [3.63, 3.8) is 0 Å². The maximum absolute atomic E-state index is 13.6. The summed E-state index contributed by atoms with van der Waals surface area (Å²) in [4.78, 5) is 22.4. The fourth-order valence-corrected chi connectivity index (χ4v) is 5.27. The van der Waals surface area contributed by atoms with Gasteiger partial charge >= 0.3 is 6.18 Å². The monoisotopic (exact) mass is 483 g/mol. The summed E-state index contributed by atoms with van der Waals surface area (Å²) in [6.07, 6.45) is -0.636. The minimum atomic E-state index is -4.45. The maximum Gasteiger partial charge on any atom is 0.393 e. The van der Waals surface area contributed by atoms with Crippen LogP contribution >= 0.6 is 0 Å². The third-order valence-electron chi connectivity index (χ3n) is 6.95. The third kappa shape index (κ3) is 3.85. The van der Waals surface area contributed by atoms with E-state index in [1.165, 1.54) is 18.1 Å². The maximum atomic E-state index is 13.6. The van der Waals surface area contributed by atoms with Crippen molar-refractivity contribution < 1.29 is 22.7 Å². The number of carbonyl (C=O) groups excluding carboxylic acids is 1. The number of H-pyrrole nitrogens is 1. The van der Waals surface area contributed by atoms with Gasteiger partial charge in [0.25, 0.3) is 5.91 Å². The van der Waals surface area contributed by atoms with Gasteiger partial charge in [0.05, 0.1) is 30.9 Å². The van der Waals surface area contributed by atoms with Crippen LogP contribution in [-0.4, -0.2) is 50.7 Å². The Bertz CT molecular complexity index is 1340. The van der Waals surface area contributed by atoms with Crippen molar-refractivity contribution >= 4 is 5.91 Å². The number of hydrogen-bond acceptors (Lipinski definition) is 4. The first-order valence-corrected chi connectivity index (χ1v) is 11.4. The molecule has 7 nitrogen and oxygen atoms in total. The van der Waals surface area contributed by atoms with Gasteiger partial charge in [-0.3, -0.25) is 4.79 Å². The van der Waals surface area contributed by atoms with Crippen LogP contribution in [0.25, 0.3) is 22.6 Å². The number of alkyl halides is 3. The van der Waals surface area contributed by atoms with Crippen molar-refractivity contribution in [3.05, 3.63) is 47.4 Å². The number of aromatic amines is 1. The first-order valence-electron chi connectivity index (χ1n) is 11.4. The quantitative estimate of drug-likeness (QED) is 0.581. The van der Waals surface area contributed by atoms with Gasteiger partial charge in [0.1, 0.15) is 22.8 Å². The minimum absolute atomic E-state index is 0.0372. The summed E-state index contributed by atoms with van der Waals surface area (Å²) in [6, 6.07) is 7.17. The Kier molecular flexibility index (Phi) is 5.38. The summed E-state index contributed by atoms with van der Waals surface area (Å²) in [7, 11) is 1.54. The summed E-state index contributed by atoms with van der Waals surface area (Å²) < 4.78 is 48.1. The number of nitriles is 1. The van der Waals surface area contributed by atoms with Gasteiger partial charge in [-0.15, -0.1) is 0 Å². The second kappa shape index (κ2) is 8.18. The second-order valence-electron chi connectivity index (χ2n) is 9.19. The zero-order chi connectivity index (χ0) is 25.0. The Hall–Kier alpha value is -3.74. The molecule has 1 atom stereocenters. The number of methoxy groups -OCH3 is 1. The number of nitrogens with one attached hydrogen (secondary N) is 1. The number of nitrogens with zero attached hydrogens (tertiary/aromatic N) is 4. The molecule has 5 rings (SSSR count). The highest BCUT2D eigenvalue weighted by Crippen LogP contribution is 2.43. The molecule has 2 aliphatic rings. The summed E-state index contributed by atoms with van der Waals surface area (Å²) in [5.41, 5.74) is 1.70. The Morgan fingerprint density at radius 2 is 2.09 bits per heavy atom. The van der Waals surface area contributed by atoms with Gasteiger partial charge in [0.15, 0.2) is 0 Å². The van der Waals surface area contributed by atoms with Crippen molar-refractivity contribution in [3.8, 4) is 34.5 Å². The Morgan fingerprint density at radius 3 is 2.74 bits per heavy atom. The molecule has 0 aliphatic carbocycles. The van der Waals surface area contributed by atoms with Gasteiger partial charge in [-0.1, -0.05) is 0 Å².